The zero-order chi connectivity index (χ0) is 16.9. The molecule has 1 aliphatic heterocycles. The Bertz CT molecular complexity index is 690. The zero-order valence-electron chi connectivity index (χ0n) is 13.5. The second kappa shape index (κ2) is 7.57. The maximum Gasteiger partial charge on any atom is 0.321 e. The van der Waals surface area contributed by atoms with Crippen molar-refractivity contribution in [2.45, 2.75) is 38.8 Å². The van der Waals surface area contributed by atoms with Crippen molar-refractivity contribution in [1.82, 2.24) is 15.5 Å². The molecule has 1 aromatic carbocycles. The third-order valence-electron chi connectivity index (χ3n) is 4.05. The molecule has 0 radical (unpaired) electrons. The van der Waals surface area contributed by atoms with E-state index < -0.39 is 0 Å². The van der Waals surface area contributed by atoms with Crippen molar-refractivity contribution >= 4 is 27.6 Å². The first-order valence-corrected chi connectivity index (χ1v) is 8.83. The van der Waals surface area contributed by atoms with Gasteiger partial charge in [-0.3, -0.25) is 5.32 Å². The summed E-state index contributed by atoms with van der Waals surface area (Å²) in [4.78, 5) is 14.2. The van der Waals surface area contributed by atoms with E-state index in [0.717, 1.165) is 30.1 Å². The molecule has 2 amide bonds. The van der Waals surface area contributed by atoms with Crippen LogP contribution in [0.1, 0.15) is 31.7 Å². The van der Waals surface area contributed by atoms with Gasteiger partial charge in [-0.25, -0.2) is 9.18 Å². The maximum atomic E-state index is 12.8. The van der Waals surface area contributed by atoms with E-state index >= 15 is 0 Å². The molecule has 6 nitrogen and oxygen atoms in total. The third kappa shape index (κ3) is 4.19. The Morgan fingerprint density at radius 2 is 2.12 bits per heavy atom. The van der Waals surface area contributed by atoms with Crippen LogP contribution >= 0.6 is 11.3 Å². The van der Waals surface area contributed by atoms with Gasteiger partial charge in [0.25, 0.3) is 0 Å². The van der Waals surface area contributed by atoms with Crippen LogP contribution in [0.3, 0.4) is 0 Å². The van der Waals surface area contributed by atoms with Crippen LogP contribution in [0.25, 0.3) is 0 Å². The highest BCUT2D eigenvalue weighted by atomic mass is 32.1. The molecular formula is C16H20FN5OS. The Kier molecular flexibility index (Phi) is 5.24. The lowest BCUT2D eigenvalue weighted by Crippen LogP contribution is -2.37. The number of aromatic nitrogens is 2. The molecule has 1 aromatic heterocycles. The first kappa shape index (κ1) is 16.6. The highest BCUT2D eigenvalue weighted by molar-refractivity contribution is 7.19. The van der Waals surface area contributed by atoms with Crippen LogP contribution in [0.4, 0.5) is 19.4 Å². The number of rotatable bonds is 4. The minimum atomic E-state index is -0.353. The molecule has 0 spiro atoms. The number of anilines is 2. The van der Waals surface area contributed by atoms with E-state index in [-0.39, 0.29) is 11.8 Å². The Morgan fingerprint density at radius 3 is 2.88 bits per heavy atom. The first-order valence-electron chi connectivity index (χ1n) is 8.01. The number of nitrogens with zero attached hydrogens (tertiary/aromatic N) is 3. The molecular weight excluding hydrogens is 329 g/mol. The van der Waals surface area contributed by atoms with E-state index in [0.29, 0.717) is 17.7 Å². The molecule has 2 N–H and O–H groups in total. The van der Waals surface area contributed by atoms with Gasteiger partial charge in [-0.15, -0.1) is 10.2 Å². The molecule has 1 aliphatic rings. The minimum Gasteiger partial charge on any atom is -0.344 e. The van der Waals surface area contributed by atoms with Crippen molar-refractivity contribution in [2.24, 2.45) is 0 Å². The summed E-state index contributed by atoms with van der Waals surface area (Å²) >= 11 is 1.38. The van der Waals surface area contributed by atoms with E-state index in [2.05, 4.69) is 32.7 Å². The summed E-state index contributed by atoms with van der Waals surface area (Å²) in [7, 11) is 0. The molecule has 0 bridgehead atoms. The monoisotopic (exact) mass is 349 g/mol. The quantitative estimate of drug-likeness (QED) is 0.888. The molecule has 2 heterocycles. The highest BCUT2D eigenvalue weighted by Crippen LogP contribution is 2.29. The molecule has 1 atom stereocenters. The van der Waals surface area contributed by atoms with Gasteiger partial charge < -0.3 is 10.2 Å². The standard InChI is InChI=1S/C16H20FN5OS/c1-11-4-2-3-9-22(11)16-21-20-15(24-16)19-14(23)18-10-12-5-7-13(17)8-6-12/h5-8,11H,2-4,9-10H2,1H3,(H2,18,19,20,23)/t11-/m0/s1. The zero-order valence-corrected chi connectivity index (χ0v) is 14.3. The molecule has 0 unspecified atom stereocenters. The molecule has 1 fully saturated rings. The van der Waals surface area contributed by atoms with Crippen LogP contribution < -0.4 is 15.5 Å². The van der Waals surface area contributed by atoms with E-state index in [1.165, 1.54) is 29.9 Å². The van der Waals surface area contributed by atoms with Crippen molar-refractivity contribution in [2.75, 3.05) is 16.8 Å². The number of amides is 2. The molecule has 0 aliphatic carbocycles. The van der Waals surface area contributed by atoms with Gasteiger partial charge in [0.1, 0.15) is 5.82 Å². The van der Waals surface area contributed by atoms with Crippen molar-refractivity contribution in [1.29, 1.82) is 0 Å². The summed E-state index contributed by atoms with van der Waals surface area (Å²) in [5.41, 5.74) is 0.826. The molecule has 128 valence electrons. The van der Waals surface area contributed by atoms with Gasteiger partial charge in [-0.2, -0.15) is 0 Å². The highest BCUT2D eigenvalue weighted by Gasteiger charge is 2.22. The van der Waals surface area contributed by atoms with Gasteiger partial charge in [-0.05, 0) is 43.9 Å². The molecule has 8 heteroatoms. The summed E-state index contributed by atoms with van der Waals surface area (Å²) in [6.07, 6.45) is 3.55. The van der Waals surface area contributed by atoms with Crippen LogP contribution in [0.5, 0.6) is 0 Å². The maximum absolute atomic E-state index is 12.8. The molecule has 3 rings (SSSR count). The summed E-state index contributed by atoms with van der Waals surface area (Å²) < 4.78 is 12.8. The number of nitrogens with one attached hydrogen (secondary N) is 2. The van der Waals surface area contributed by atoms with Crippen molar-refractivity contribution in [3.05, 3.63) is 35.6 Å². The average Bonchev–Trinajstić information content (AvgIpc) is 3.03. The summed E-state index contributed by atoms with van der Waals surface area (Å²) in [5.74, 6) is -0.295. The van der Waals surface area contributed by atoms with E-state index in [1.54, 1.807) is 12.1 Å². The third-order valence-corrected chi connectivity index (χ3v) is 4.93. The lowest BCUT2D eigenvalue weighted by molar-refractivity contribution is 0.251. The normalized spacial score (nSPS) is 17.6. The molecule has 2 aromatic rings. The van der Waals surface area contributed by atoms with Crippen LogP contribution in [0.15, 0.2) is 24.3 Å². The number of benzene rings is 1. The van der Waals surface area contributed by atoms with Gasteiger partial charge in [0.05, 0.1) is 0 Å². The van der Waals surface area contributed by atoms with Gasteiger partial charge in [-0.1, -0.05) is 23.5 Å². The van der Waals surface area contributed by atoms with Crippen LogP contribution in [0.2, 0.25) is 0 Å². The van der Waals surface area contributed by atoms with E-state index in [1.807, 2.05) is 0 Å². The lowest BCUT2D eigenvalue weighted by Gasteiger charge is -2.32. The van der Waals surface area contributed by atoms with Gasteiger partial charge in [0, 0.05) is 19.1 Å². The minimum absolute atomic E-state index is 0.295. The summed E-state index contributed by atoms with van der Waals surface area (Å²) in [6.45, 7) is 3.48. The largest absolute Gasteiger partial charge is 0.344 e. The van der Waals surface area contributed by atoms with Crippen LogP contribution in [-0.2, 0) is 6.54 Å². The fraction of sp³-hybridized carbons (Fsp3) is 0.438. The van der Waals surface area contributed by atoms with Crippen LogP contribution in [0, 0.1) is 5.82 Å². The van der Waals surface area contributed by atoms with Crippen molar-refractivity contribution in [3.63, 3.8) is 0 Å². The number of halogens is 1. The smallest absolute Gasteiger partial charge is 0.321 e. The van der Waals surface area contributed by atoms with E-state index in [4.69, 9.17) is 0 Å². The lowest BCUT2D eigenvalue weighted by atomic mass is 10.1. The predicted molar refractivity (Wildman–Crippen MR) is 92.8 cm³/mol. The topological polar surface area (TPSA) is 70.2 Å². The van der Waals surface area contributed by atoms with E-state index in [9.17, 15) is 9.18 Å². The number of hydrogen-bond acceptors (Lipinski definition) is 5. The van der Waals surface area contributed by atoms with Gasteiger partial charge >= 0.3 is 6.03 Å². The molecule has 24 heavy (non-hydrogen) atoms. The second-order valence-electron chi connectivity index (χ2n) is 5.86. The summed E-state index contributed by atoms with van der Waals surface area (Å²) in [5, 5.41) is 14.9. The number of carbonyl (C=O) groups excluding carboxylic acids is 1. The Labute approximate surface area is 144 Å². The van der Waals surface area contributed by atoms with Crippen molar-refractivity contribution < 1.29 is 9.18 Å². The number of carbonyl (C=O) groups is 1. The van der Waals surface area contributed by atoms with Crippen LogP contribution in [-0.4, -0.2) is 28.8 Å². The fourth-order valence-corrected chi connectivity index (χ4v) is 3.56. The second-order valence-corrected chi connectivity index (χ2v) is 6.82. The number of urea groups is 1. The number of hydrogen-bond donors (Lipinski definition) is 2. The fourth-order valence-electron chi connectivity index (χ4n) is 2.69. The SMILES string of the molecule is C[C@H]1CCCCN1c1nnc(NC(=O)NCc2ccc(F)cc2)s1. The Hall–Kier alpha value is -2.22. The number of piperidine rings is 1. The first-order chi connectivity index (χ1) is 11.6. The molecule has 0 saturated carbocycles. The molecule has 1 saturated heterocycles. The average molecular weight is 349 g/mol. The summed E-state index contributed by atoms with van der Waals surface area (Å²) in [6, 6.07) is 6.10. The van der Waals surface area contributed by atoms with Gasteiger partial charge in [0.15, 0.2) is 0 Å². The Morgan fingerprint density at radius 1 is 1.33 bits per heavy atom. The Balaban J connectivity index is 1.52. The predicted octanol–water partition coefficient (Wildman–Crippen LogP) is 3.38. The van der Waals surface area contributed by atoms with Crippen molar-refractivity contribution in [3.8, 4) is 0 Å². The van der Waals surface area contributed by atoms with Gasteiger partial charge in [0.2, 0.25) is 10.3 Å².